The van der Waals surface area contributed by atoms with Crippen LogP contribution in [0.2, 0.25) is 0 Å². The van der Waals surface area contributed by atoms with Crippen molar-refractivity contribution in [3.8, 4) is 0 Å². The maximum atomic E-state index is 14.1. The van der Waals surface area contributed by atoms with Gasteiger partial charge in [0.1, 0.15) is 11.6 Å². The number of hydrogen-bond donors (Lipinski definition) is 7. The van der Waals surface area contributed by atoms with Gasteiger partial charge in [0.2, 0.25) is 17.7 Å². The van der Waals surface area contributed by atoms with Crippen LogP contribution in [0.4, 0.5) is 4.79 Å². The van der Waals surface area contributed by atoms with Crippen molar-refractivity contribution in [2.45, 2.75) is 155 Å². The molecule has 5 atom stereocenters. The summed E-state index contributed by atoms with van der Waals surface area (Å²) in [6.45, 7) is 14.1. The van der Waals surface area contributed by atoms with Gasteiger partial charge in [-0.2, -0.15) is 0 Å². The summed E-state index contributed by atoms with van der Waals surface area (Å²) in [6.07, 6.45) is 8.88. The van der Waals surface area contributed by atoms with Crippen LogP contribution in [0.5, 0.6) is 0 Å². The number of hydrogen-bond acceptors (Lipinski definition) is 8. The molecular formula is C41H67N7O6. The van der Waals surface area contributed by atoms with Crippen molar-refractivity contribution in [2.75, 3.05) is 6.54 Å². The minimum atomic E-state index is -1.20. The van der Waals surface area contributed by atoms with Crippen LogP contribution in [0, 0.1) is 17.8 Å². The molecule has 1 heterocycles. The number of benzene rings is 1. The molecule has 13 heteroatoms. The van der Waals surface area contributed by atoms with E-state index >= 15 is 0 Å². The zero-order valence-electron chi connectivity index (χ0n) is 33.6. The lowest BCUT2D eigenvalue weighted by Gasteiger charge is -2.31. The topological polar surface area (TPSA) is 187 Å². The number of alkyl carbamates (subject to hydrolysis) is 1. The standard InChI is InChI=1S/C41H67N7O6/c1-27(2)18-33(36(49)22-37(50)47-35(19-28(3)4)38(51)44-23-30-16-12-9-13-17-30)48-39(52)34(21-31-24-42-26-45-31)43-25-32(20-29-14-10-8-11-15-29)46-40(53)54-41(5,6)7/h9,12-13,16-17,24,26-29,32-36,43,49H,8,10-11,14-15,18-23,25H2,1-7H3,(H,42,45)(H,44,51)(H,46,53)(H,47,50)(H,48,52)/t32-,33-,34-,35-,36?/m0/s1. The molecule has 1 aromatic carbocycles. The molecule has 0 radical (unpaired) electrons. The van der Waals surface area contributed by atoms with Crippen molar-refractivity contribution in [1.82, 2.24) is 36.6 Å². The van der Waals surface area contributed by atoms with Gasteiger partial charge in [-0.05, 0) is 63.4 Å². The molecule has 302 valence electrons. The number of aromatic amines is 1. The molecular weight excluding hydrogens is 686 g/mol. The number of aliphatic hydroxyl groups is 1. The highest BCUT2D eigenvalue weighted by atomic mass is 16.6. The number of H-pyrrole nitrogens is 1. The quantitative estimate of drug-likeness (QED) is 0.0938. The minimum absolute atomic E-state index is 0.0994. The Morgan fingerprint density at radius 3 is 2.20 bits per heavy atom. The van der Waals surface area contributed by atoms with Gasteiger partial charge in [-0.15, -0.1) is 0 Å². The van der Waals surface area contributed by atoms with Crippen LogP contribution >= 0.6 is 0 Å². The van der Waals surface area contributed by atoms with Crippen molar-refractivity contribution in [3.05, 3.63) is 54.1 Å². The van der Waals surface area contributed by atoms with Gasteiger partial charge in [-0.25, -0.2) is 9.78 Å². The monoisotopic (exact) mass is 754 g/mol. The predicted molar refractivity (Wildman–Crippen MR) is 210 cm³/mol. The van der Waals surface area contributed by atoms with Gasteiger partial charge in [0.15, 0.2) is 0 Å². The first-order valence-corrected chi connectivity index (χ1v) is 19.9. The highest BCUT2D eigenvalue weighted by Crippen LogP contribution is 2.27. The number of carbonyl (C=O) groups is 4. The molecule has 1 aliphatic rings. The largest absolute Gasteiger partial charge is 0.444 e. The Morgan fingerprint density at radius 1 is 0.907 bits per heavy atom. The van der Waals surface area contributed by atoms with Gasteiger partial charge in [0.05, 0.1) is 30.9 Å². The fourth-order valence-electron chi connectivity index (χ4n) is 6.95. The van der Waals surface area contributed by atoms with Crippen molar-refractivity contribution >= 4 is 23.8 Å². The first kappa shape index (κ1) is 44.4. The van der Waals surface area contributed by atoms with Gasteiger partial charge in [0.25, 0.3) is 0 Å². The molecule has 1 fully saturated rings. The van der Waals surface area contributed by atoms with E-state index in [2.05, 4.69) is 36.6 Å². The molecule has 7 N–H and O–H groups in total. The summed E-state index contributed by atoms with van der Waals surface area (Å²) in [4.78, 5) is 60.6. The van der Waals surface area contributed by atoms with Crippen LogP contribution in [0.15, 0.2) is 42.9 Å². The summed E-state index contributed by atoms with van der Waals surface area (Å²) in [5.74, 6) is -0.414. The Balaban J connectivity index is 1.70. The molecule has 54 heavy (non-hydrogen) atoms. The van der Waals surface area contributed by atoms with E-state index in [1.54, 1.807) is 12.5 Å². The van der Waals surface area contributed by atoms with Gasteiger partial charge in [-0.1, -0.05) is 90.1 Å². The lowest BCUT2D eigenvalue weighted by Crippen LogP contribution is -2.55. The van der Waals surface area contributed by atoms with E-state index in [4.69, 9.17) is 4.74 Å². The Morgan fingerprint density at radius 2 is 1.59 bits per heavy atom. The average molecular weight is 754 g/mol. The van der Waals surface area contributed by atoms with Gasteiger partial charge in [0, 0.05) is 37.4 Å². The van der Waals surface area contributed by atoms with Crippen LogP contribution in [0.1, 0.15) is 118 Å². The molecule has 0 bridgehead atoms. The zero-order valence-corrected chi connectivity index (χ0v) is 33.6. The number of carbonyl (C=O) groups excluding carboxylic acids is 4. The van der Waals surface area contributed by atoms with Gasteiger partial charge < -0.3 is 41.4 Å². The normalized spacial score (nSPS) is 16.6. The number of nitrogens with one attached hydrogen (secondary N) is 6. The second kappa shape index (κ2) is 22.4. The fraction of sp³-hybridized carbons (Fsp3) is 0.683. The summed E-state index contributed by atoms with van der Waals surface area (Å²) >= 11 is 0. The lowest BCUT2D eigenvalue weighted by molar-refractivity contribution is -0.131. The first-order valence-electron chi connectivity index (χ1n) is 19.9. The Kier molecular flexibility index (Phi) is 18.4. The average Bonchev–Trinajstić information content (AvgIpc) is 3.61. The van der Waals surface area contributed by atoms with E-state index in [9.17, 15) is 24.3 Å². The van der Waals surface area contributed by atoms with E-state index in [1.165, 1.54) is 19.3 Å². The summed E-state index contributed by atoms with van der Waals surface area (Å²) in [6, 6.07) is 7.03. The van der Waals surface area contributed by atoms with Crippen molar-refractivity contribution in [2.24, 2.45) is 17.8 Å². The van der Waals surface area contributed by atoms with E-state index in [1.807, 2.05) is 78.8 Å². The number of ether oxygens (including phenoxy) is 1. The number of imidazole rings is 1. The van der Waals surface area contributed by atoms with Crippen molar-refractivity contribution < 1.29 is 29.0 Å². The number of aliphatic hydroxyl groups excluding tert-OH is 1. The number of amides is 4. The number of rotatable bonds is 21. The molecule has 0 aliphatic heterocycles. The highest BCUT2D eigenvalue weighted by Gasteiger charge is 2.31. The van der Waals surface area contributed by atoms with E-state index in [-0.39, 0.29) is 42.5 Å². The Labute approximate surface area is 322 Å². The van der Waals surface area contributed by atoms with Crippen LogP contribution < -0.4 is 26.6 Å². The van der Waals surface area contributed by atoms with Crippen LogP contribution in [-0.2, 0) is 32.1 Å². The van der Waals surface area contributed by atoms with Crippen LogP contribution in [0.3, 0.4) is 0 Å². The second-order valence-electron chi connectivity index (χ2n) is 16.8. The molecule has 0 saturated heterocycles. The molecule has 13 nitrogen and oxygen atoms in total. The highest BCUT2D eigenvalue weighted by molar-refractivity contribution is 5.88. The van der Waals surface area contributed by atoms with Gasteiger partial charge in [-0.3, -0.25) is 14.4 Å². The minimum Gasteiger partial charge on any atom is -0.444 e. The molecule has 1 unspecified atom stereocenters. The molecule has 1 aliphatic carbocycles. The zero-order chi connectivity index (χ0) is 39.7. The number of aromatic nitrogens is 2. The van der Waals surface area contributed by atoms with Crippen LogP contribution in [0.25, 0.3) is 0 Å². The SMILES string of the molecule is CC(C)C[C@H](NC(=O)CC(O)[C@H](CC(C)C)NC(=O)[C@H](Cc1cnc[nH]1)NC[C@H](CC1CCCCC1)NC(=O)OC(C)(C)C)C(=O)NCc1ccccc1. The summed E-state index contributed by atoms with van der Waals surface area (Å²) in [5.41, 5.74) is 1.04. The third-order valence-electron chi connectivity index (χ3n) is 9.55. The smallest absolute Gasteiger partial charge is 0.407 e. The molecule has 4 amide bonds. The third-order valence-corrected chi connectivity index (χ3v) is 9.55. The molecule has 1 aromatic heterocycles. The molecule has 1 saturated carbocycles. The van der Waals surface area contributed by atoms with Gasteiger partial charge >= 0.3 is 6.09 Å². The lowest BCUT2D eigenvalue weighted by atomic mass is 9.84. The van der Waals surface area contributed by atoms with Crippen LogP contribution in [-0.4, -0.2) is 81.3 Å². The number of nitrogens with zero attached hydrogens (tertiary/aromatic N) is 1. The maximum Gasteiger partial charge on any atom is 0.407 e. The molecule has 3 rings (SSSR count). The maximum absolute atomic E-state index is 14.1. The molecule has 0 spiro atoms. The summed E-state index contributed by atoms with van der Waals surface area (Å²) in [5, 5.41) is 26.6. The van der Waals surface area contributed by atoms with E-state index in [0.717, 1.165) is 30.5 Å². The Hall–Kier alpha value is -3.97. The predicted octanol–water partition coefficient (Wildman–Crippen LogP) is 4.90. The summed E-state index contributed by atoms with van der Waals surface area (Å²) < 4.78 is 5.58. The summed E-state index contributed by atoms with van der Waals surface area (Å²) in [7, 11) is 0. The fourth-order valence-corrected chi connectivity index (χ4v) is 6.95. The van der Waals surface area contributed by atoms with E-state index < -0.39 is 41.8 Å². The van der Waals surface area contributed by atoms with Crippen molar-refractivity contribution in [1.29, 1.82) is 0 Å². The Bertz CT molecular complexity index is 1410. The first-order chi connectivity index (χ1) is 25.6. The second-order valence-corrected chi connectivity index (χ2v) is 16.8. The molecule has 2 aromatic rings. The van der Waals surface area contributed by atoms with Crippen molar-refractivity contribution in [3.63, 3.8) is 0 Å². The third kappa shape index (κ3) is 17.4. The van der Waals surface area contributed by atoms with E-state index in [0.29, 0.717) is 31.8 Å².